The molecule has 1 fully saturated rings. The van der Waals surface area contributed by atoms with E-state index in [0.29, 0.717) is 6.04 Å². The second kappa shape index (κ2) is 5.18. The van der Waals surface area contributed by atoms with Gasteiger partial charge in [-0.1, -0.05) is 0 Å². The van der Waals surface area contributed by atoms with Crippen molar-refractivity contribution in [2.75, 3.05) is 26.2 Å². The number of hydrogen-bond acceptors (Lipinski definition) is 2. The Kier molecular flexibility index (Phi) is 4.13. The molecule has 0 saturated carbocycles. The molecule has 0 spiro atoms. The molecule has 1 heterocycles. The quantitative estimate of drug-likeness (QED) is 0.490. The van der Waals surface area contributed by atoms with Crippen LogP contribution in [0.2, 0.25) is 0 Å². The van der Waals surface area contributed by atoms with Crippen LogP contribution in [0.1, 0.15) is 19.8 Å². The molecule has 2 nitrogen and oxygen atoms in total. The highest BCUT2D eigenvalue weighted by atomic mass is 15.2. The summed E-state index contributed by atoms with van der Waals surface area (Å²) in [5.41, 5.74) is 0. The predicted molar refractivity (Wildman–Crippen MR) is 52.0 cm³/mol. The Labute approximate surface area is 75.3 Å². The van der Waals surface area contributed by atoms with Gasteiger partial charge in [0.15, 0.2) is 0 Å². The fraction of sp³-hybridized carbons (Fsp3) is 0.800. The Bertz CT molecular complexity index is 160. The zero-order chi connectivity index (χ0) is 8.81. The average molecular weight is 166 g/mol. The largest absolute Gasteiger partial charge is 0.312 e. The molecule has 0 bridgehead atoms. The van der Waals surface area contributed by atoms with Crippen molar-refractivity contribution in [1.29, 1.82) is 0 Å². The van der Waals surface area contributed by atoms with Crippen LogP contribution < -0.4 is 5.32 Å². The fourth-order valence-electron chi connectivity index (χ4n) is 1.62. The summed E-state index contributed by atoms with van der Waals surface area (Å²) >= 11 is 0. The van der Waals surface area contributed by atoms with Crippen LogP contribution >= 0.6 is 0 Å². The molecule has 0 aromatic rings. The molecule has 0 radical (unpaired) electrons. The van der Waals surface area contributed by atoms with Gasteiger partial charge in [0, 0.05) is 32.1 Å². The number of hydrogen-bond donors (Lipinski definition) is 1. The lowest BCUT2D eigenvalue weighted by atomic mass is 10.2. The van der Waals surface area contributed by atoms with E-state index in [1.165, 1.54) is 13.1 Å². The molecule has 0 aromatic carbocycles. The average Bonchev–Trinajstić information content (AvgIpc) is 2.05. The van der Waals surface area contributed by atoms with E-state index in [4.69, 9.17) is 6.42 Å². The standard InChI is InChI=1S/C10H18N2/c1-3-4-5-7-12-8-6-11-10(2)9-12/h1,10-11H,4-9H2,2H3/t10-/m1/s1. The van der Waals surface area contributed by atoms with E-state index in [1.807, 2.05) is 0 Å². The Morgan fingerprint density at radius 1 is 1.67 bits per heavy atom. The lowest BCUT2D eigenvalue weighted by Gasteiger charge is -2.31. The van der Waals surface area contributed by atoms with Crippen molar-refractivity contribution in [3.8, 4) is 12.3 Å². The topological polar surface area (TPSA) is 15.3 Å². The van der Waals surface area contributed by atoms with Crippen LogP contribution in [-0.4, -0.2) is 37.1 Å². The number of nitrogens with one attached hydrogen (secondary N) is 1. The molecule has 1 N–H and O–H groups in total. The zero-order valence-electron chi connectivity index (χ0n) is 7.84. The van der Waals surface area contributed by atoms with E-state index in [-0.39, 0.29) is 0 Å². The molecule has 0 aliphatic carbocycles. The third-order valence-corrected chi connectivity index (χ3v) is 2.25. The van der Waals surface area contributed by atoms with Gasteiger partial charge in [-0.2, -0.15) is 0 Å². The van der Waals surface area contributed by atoms with Gasteiger partial charge < -0.3 is 10.2 Å². The molecule has 0 amide bonds. The van der Waals surface area contributed by atoms with Crippen molar-refractivity contribution in [2.45, 2.75) is 25.8 Å². The number of rotatable bonds is 3. The lowest BCUT2D eigenvalue weighted by Crippen LogP contribution is -2.49. The highest BCUT2D eigenvalue weighted by Crippen LogP contribution is 2.00. The molecule has 2 heteroatoms. The third-order valence-electron chi connectivity index (χ3n) is 2.25. The lowest BCUT2D eigenvalue weighted by molar-refractivity contribution is 0.206. The maximum Gasteiger partial charge on any atom is 0.0167 e. The SMILES string of the molecule is C#CCCCN1CCN[C@H](C)C1. The molecule has 1 aliphatic rings. The number of unbranched alkanes of at least 4 members (excludes halogenated alkanes) is 1. The van der Waals surface area contributed by atoms with Gasteiger partial charge in [0.1, 0.15) is 0 Å². The summed E-state index contributed by atoms with van der Waals surface area (Å²) in [6, 6.07) is 0.643. The van der Waals surface area contributed by atoms with Crippen LogP contribution in [-0.2, 0) is 0 Å². The molecule has 1 saturated heterocycles. The van der Waals surface area contributed by atoms with Gasteiger partial charge in [-0.25, -0.2) is 0 Å². The number of nitrogens with zero attached hydrogens (tertiary/aromatic N) is 1. The first kappa shape index (κ1) is 9.57. The zero-order valence-corrected chi connectivity index (χ0v) is 7.84. The van der Waals surface area contributed by atoms with Gasteiger partial charge in [-0.3, -0.25) is 0 Å². The predicted octanol–water partition coefficient (Wildman–Crippen LogP) is 0.694. The van der Waals surface area contributed by atoms with Crippen LogP contribution in [0.25, 0.3) is 0 Å². The third kappa shape index (κ3) is 3.25. The minimum Gasteiger partial charge on any atom is -0.312 e. The molecule has 12 heavy (non-hydrogen) atoms. The van der Waals surface area contributed by atoms with E-state index in [1.54, 1.807) is 0 Å². The fourth-order valence-corrected chi connectivity index (χ4v) is 1.62. The maximum atomic E-state index is 5.19. The highest BCUT2D eigenvalue weighted by molar-refractivity contribution is 4.84. The molecular formula is C10H18N2. The van der Waals surface area contributed by atoms with E-state index in [0.717, 1.165) is 25.9 Å². The van der Waals surface area contributed by atoms with Crippen LogP contribution in [0.5, 0.6) is 0 Å². The van der Waals surface area contributed by atoms with Crippen LogP contribution in [0.4, 0.5) is 0 Å². The van der Waals surface area contributed by atoms with Crippen molar-refractivity contribution < 1.29 is 0 Å². The van der Waals surface area contributed by atoms with Crippen LogP contribution in [0.3, 0.4) is 0 Å². The first-order chi connectivity index (χ1) is 5.83. The second-order valence-electron chi connectivity index (χ2n) is 3.46. The maximum absolute atomic E-state index is 5.19. The van der Waals surface area contributed by atoms with Crippen LogP contribution in [0.15, 0.2) is 0 Å². The van der Waals surface area contributed by atoms with Gasteiger partial charge in [-0.15, -0.1) is 12.3 Å². The van der Waals surface area contributed by atoms with Gasteiger partial charge in [0.25, 0.3) is 0 Å². The summed E-state index contributed by atoms with van der Waals surface area (Å²) in [7, 11) is 0. The summed E-state index contributed by atoms with van der Waals surface area (Å²) < 4.78 is 0. The monoisotopic (exact) mass is 166 g/mol. The van der Waals surface area contributed by atoms with Gasteiger partial charge in [0.2, 0.25) is 0 Å². The Hall–Kier alpha value is -0.520. The molecule has 0 unspecified atom stereocenters. The van der Waals surface area contributed by atoms with Gasteiger partial charge >= 0.3 is 0 Å². The first-order valence-corrected chi connectivity index (χ1v) is 4.72. The van der Waals surface area contributed by atoms with Crippen molar-refractivity contribution in [2.24, 2.45) is 0 Å². The van der Waals surface area contributed by atoms with Crippen molar-refractivity contribution in [3.63, 3.8) is 0 Å². The Balaban J connectivity index is 2.11. The smallest absolute Gasteiger partial charge is 0.0167 e. The minimum absolute atomic E-state index is 0.643. The minimum atomic E-state index is 0.643. The summed E-state index contributed by atoms with van der Waals surface area (Å²) in [4.78, 5) is 2.48. The summed E-state index contributed by atoms with van der Waals surface area (Å²) in [6.07, 6.45) is 7.25. The van der Waals surface area contributed by atoms with Crippen molar-refractivity contribution in [1.82, 2.24) is 10.2 Å². The van der Waals surface area contributed by atoms with E-state index in [9.17, 15) is 0 Å². The number of terminal acetylenes is 1. The molecule has 68 valence electrons. The molecule has 0 aromatic heterocycles. The summed E-state index contributed by atoms with van der Waals surface area (Å²) in [5, 5.41) is 3.42. The Morgan fingerprint density at radius 3 is 3.17 bits per heavy atom. The van der Waals surface area contributed by atoms with Gasteiger partial charge in [-0.05, 0) is 19.9 Å². The molecular weight excluding hydrogens is 148 g/mol. The van der Waals surface area contributed by atoms with E-state index >= 15 is 0 Å². The Morgan fingerprint density at radius 2 is 2.50 bits per heavy atom. The molecule has 1 rings (SSSR count). The van der Waals surface area contributed by atoms with Crippen LogP contribution in [0, 0.1) is 12.3 Å². The van der Waals surface area contributed by atoms with Gasteiger partial charge in [0.05, 0.1) is 0 Å². The highest BCUT2D eigenvalue weighted by Gasteiger charge is 2.13. The summed E-state index contributed by atoms with van der Waals surface area (Å²) in [5.74, 6) is 2.68. The van der Waals surface area contributed by atoms with E-state index in [2.05, 4.69) is 23.1 Å². The van der Waals surface area contributed by atoms with Crippen molar-refractivity contribution >= 4 is 0 Å². The normalized spacial score (nSPS) is 25.2. The molecule has 1 atom stereocenters. The first-order valence-electron chi connectivity index (χ1n) is 4.72. The molecule has 1 aliphatic heterocycles. The van der Waals surface area contributed by atoms with Crippen molar-refractivity contribution in [3.05, 3.63) is 0 Å². The van der Waals surface area contributed by atoms with E-state index < -0.39 is 0 Å². The second-order valence-corrected chi connectivity index (χ2v) is 3.46. The number of piperazine rings is 1. The summed E-state index contributed by atoms with van der Waals surface area (Å²) in [6.45, 7) is 6.86.